The van der Waals surface area contributed by atoms with Gasteiger partial charge in [0.15, 0.2) is 0 Å². The lowest BCUT2D eigenvalue weighted by molar-refractivity contribution is -0.137. The molecule has 0 atom stereocenters. The third kappa shape index (κ3) is 4.72. The molecule has 1 aromatic heterocycles. The molecule has 142 valence electrons. The fourth-order valence-electron chi connectivity index (χ4n) is 2.84. The van der Waals surface area contributed by atoms with Crippen LogP contribution in [-0.4, -0.2) is 53.7 Å². The summed E-state index contributed by atoms with van der Waals surface area (Å²) in [4.78, 5) is 15.5. The molecule has 2 aromatic rings. The van der Waals surface area contributed by atoms with Gasteiger partial charge in [-0.25, -0.2) is 0 Å². The first-order valence-electron chi connectivity index (χ1n) is 8.01. The summed E-state index contributed by atoms with van der Waals surface area (Å²) in [6, 6.07) is 5.32. The quantitative estimate of drug-likeness (QED) is 0.853. The summed E-state index contributed by atoms with van der Waals surface area (Å²) in [5.74, 6) is -0.241. The summed E-state index contributed by atoms with van der Waals surface area (Å²) >= 11 is 1.21. The van der Waals surface area contributed by atoms with Gasteiger partial charge in [0.25, 0.3) is 0 Å². The third-order valence-electron chi connectivity index (χ3n) is 4.12. The van der Waals surface area contributed by atoms with Crippen LogP contribution in [0.4, 0.5) is 24.0 Å². The molecule has 2 heterocycles. The van der Waals surface area contributed by atoms with Crippen LogP contribution in [0, 0.1) is 11.3 Å². The fraction of sp³-hybridized carbons (Fsp3) is 0.375. The number of anilines is 2. The molecule has 0 unspecified atom stereocenters. The van der Waals surface area contributed by atoms with Gasteiger partial charge in [-0.3, -0.25) is 15.0 Å². The first kappa shape index (κ1) is 19.1. The molecule has 27 heavy (non-hydrogen) atoms. The summed E-state index contributed by atoms with van der Waals surface area (Å²) in [6.45, 7) is 1.72. The molecule has 11 heteroatoms. The molecule has 0 spiro atoms. The van der Waals surface area contributed by atoms with E-state index in [2.05, 4.69) is 15.5 Å². The van der Waals surface area contributed by atoms with E-state index in [1.165, 1.54) is 29.0 Å². The Hall–Kier alpha value is -2.71. The molecule has 1 aliphatic rings. The van der Waals surface area contributed by atoms with Crippen LogP contribution in [0.5, 0.6) is 0 Å². The van der Waals surface area contributed by atoms with Gasteiger partial charge >= 0.3 is 6.18 Å². The molecule has 1 N–H and O–H groups in total. The van der Waals surface area contributed by atoms with E-state index in [0.29, 0.717) is 31.3 Å². The Morgan fingerprint density at radius 2 is 2.04 bits per heavy atom. The van der Waals surface area contributed by atoms with E-state index in [-0.39, 0.29) is 23.7 Å². The van der Waals surface area contributed by atoms with Crippen molar-refractivity contribution in [1.82, 2.24) is 15.1 Å². The van der Waals surface area contributed by atoms with Crippen molar-refractivity contribution >= 4 is 28.1 Å². The number of halogens is 3. The van der Waals surface area contributed by atoms with E-state index in [1.54, 1.807) is 11.0 Å². The van der Waals surface area contributed by atoms with Gasteiger partial charge in [-0.05, 0) is 18.2 Å². The lowest BCUT2D eigenvalue weighted by Crippen LogP contribution is -2.49. The second kappa shape index (κ2) is 7.89. The first-order valence-corrected chi connectivity index (χ1v) is 8.89. The number of amides is 1. The predicted molar refractivity (Wildman–Crippen MR) is 93.4 cm³/mol. The first-order chi connectivity index (χ1) is 12.9. The van der Waals surface area contributed by atoms with E-state index in [9.17, 15) is 18.0 Å². The Labute approximate surface area is 157 Å². The van der Waals surface area contributed by atoms with E-state index in [0.717, 1.165) is 6.07 Å². The largest absolute Gasteiger partial charge is 0.418 e. The summed E-state index contributed by atoms with van der Waals surface area (Å²) in [7, 11) is 0. The average Bonchev–Trinajstić information content (AvgIpc) is 3.14. The van der Waals surface area contributed by atoms with Crippen LogP contribution >= 0.6 is 11.3 Å². The number of hydrogen-bond acceptors (Lipinski definition) is 7. The van der Waals surface area contributed by atoms with Crippen molar-refractivity contribution < 1.29 is 18.0 Å². The zero-order valence-electron chi connectivity index (χ0n) is 14.0. The second-order valence-electron chi connectivity index (χ2n) is 5.90. The number of nitriles is 1. The number of nitrogens with zero attached hydrogens (tertiary/aromatic N) is 5. The Morgan fingerprint density at radius 1 is 1.30 bits per heavy atom. The highest BCUT2D eigenvalue weighted by Crippen LogP contribution is 2.37. The van der Waals surface area contributed by atoms with Crippen LogP contribution in [0.15, 0.2) is 23.7 Å². The standard InChI is InChI=1S/C16H15F3N6OS/c17-16(18,19)12-7-11(8-20)1-2-13(12)25-5-3-24(4-6-25)9-14(26)22-15-23-21-10-27-15/h1-2,7,10H,3-6,9H2,(H,22,23,26). The van der Waals surface area contributed by atoms with Crippen molar-refractivity contribution in [1.29, 1.82) is 5.26 Å². The smallest absolute Gasteiger partial charge is 0.368 e. The van der Waals surface area contributed by atoms with Crippen molar-refractivity contribution in [2.24, 2.45) is 0 Å². The van der Waals surface area contributed by atoms with E-state index >= 15 is 0 Å². The number of hydrogen-bond donors (Lipinski definition) is 1. The van der Waals surface area contributed by atoms with Gasteiger partial charge in [0.05, 0.1) is 23.7 Å². The van der Waals surface area contributed by atoms with Gasteiger partial charge in [-0.2, -0.15) is 18.4 Å². The van der Waals surface area contributed by atoms with Crippen LogP contribution in [-0.2, 0) is 11.0 Å². The Morgan fingerprint density at radius 3 is 2.63 bits per heavy atom. The number of benzene rings is 1. The zero-order valence-corrected chi connectivity index (χ0v) is 14.8. The van der Waals surface area contributed by atoms with Crippen LogP contribution in [0.3, 0.4) is 0 Å². The molecule has 1 aliphatic heterocycles. The number of alkyl halides is 3. The van der Waals surface area contributed by atoms with E-state index < -0.39 is 11.7 Å². The summed E-state index contributed by atoms with van der Waals surface area (Å²) in [5, 5.41) is 19.2. The Bertz CT molecular complexity index is 841. The lowest BCUT2D eigenvalue weighted by Gasteiger charge is -2.36. The van der Waals surface area contributed by atoms with E-state index in [4.69, 9.17) is 5.26 Å². The number of nitrogens with one attached hydrogen (secondary N) is 1. The SMILES string of the molecule is N#Cc1ccc(N2CCN(CC(=O)Nc3nncs3)CC2)c(C(F)(F)F)c1. The van der Waals surface area contributed by atoms with Gasteiger partial charge in [0.1, 0.15) is 5.51 Å². The Kier molecular flexibility index (Phi) is 5.57. The topological polar surface area (TPSA) is 85.2 Å². The fourth-order valence-corrected chi connectivity index (χ4v) is 3.31. The second-order valence-corrected chi connectivity index (χ2v) is 6.73. The molecular weight excluding hydrogens is 381 g/mol. The molecule has 0 saturated carbocycles. The van der Waals surface area contributed by atoms with Crippen molar-refractivity contribution in [2.45, 2.75) is 6.18 Å². The highest BCUT2D eigenvalue weighted by atomic mass is 32.1. The molecule has 1 aromatic carbocycles. The lowest BCUT2D eigenvalue weighted by atomic mass is 10.1. The molecule has 1 fully saturated rings. The number of carbonyl (C=O) groups excluding carboxylic acids is 1. The van der Waals surface area contributed by atoms with Gasteiger partial charge in [0.2, 0.25) is 11.0 Å². The number of aromatic nitrogens is 2. The molecule has 0 bridgehead atoms. The minimum Gasteiger partial charge on any atom is -0.368 e. The van der Waals surface area contributed by atoms with E-state index in [1.807, 2.05) is 4.90 Å². The highest BCUT2D eigenvalue weighted by Gasteiger charge is 2.36. The molecule has 7 nitrogen and oxygen atoms in total. The number of rotatable bonds is 4. The van der Waals surface area contributed by atoms with Crippen molar-refractivity contribution in [3.05, 3.63) is 34.8 Å². The van der Waals surface area contributed by atoms with Gasteiger partial charge < -0.3 is 4.90 Å². The van der Waals surface area contributed by atoms with Crippen molar-refractivity contribution in [3.8, 4) is 6.07 Å². The maximum Gasteiger partial charge on any atom is 0.418 e. The minimum absolute atomic E-state index is 0.0296. The molecule has 1 saturated heterocycles. The summed E-state index contributed by atoms with van der Waals surface area (Å²) in [6.07, 6.45) is -4.54. The van der Waals surface area contributed by atoms with Crippen LogP contribution < -0.4 is 10.2 Å². The third-order valence-corrected chi connectivity index (χ3v) is 4.72. The van der Waals surface area contributed by atoms with Gasteiger partial charge in [0, 0.05) is 31.9 Å². The molecule has 0 aliphatic carbocycles. The predicted octanol–water partition coefficient (Wildman–Crippen LogP) is 2.19. The maximum atomic E-state index is 13.3. The number of piperazine rings is 1. The van der Waals surface area contributed by atoms with Crippen molar-refractivity contribution in [2.75, 3.05) is 42.9 Å². The average molecular weight is 396 g/mol. The maximum absolute atomic E-state index is 13.3. The van der Waals surface area contributed by atoms with Crippen LogP contribution in [0.25, 0.3) is 0 Å². The summed E-state index contributed by atoms with van der Waals surface area (Å²) in [5.41, 5.74) is 0.714. The van der Waals surface area contributed by atoms with Crippen LogP contribution in [0.1, 0.15) is 11.1 Å². The van der Waals surface area contributed by atoms with Gasteiger partial charge in [-0.1, -0.05) is 11.3 Å². The molecule has 0 radical (unpaired) electrons. The monoisotopic (exact) mass is 396 g/mol. The van der Waals surface area contributed by atoms with Gasteiger partial charge in [-0.15, -0.1) is 10.2 Å². The van der Waals surface area contributed by atoms with Crippen LogP contribution in [0.2, 0.25) is 0 Å². The minimum atomic E-state index is -4.54. The molecular formula is C16H15F3N6OS. The molecule has 3 rings (SSSR count). The Balaban J connectivity index is 1.62. The van der Waals surface area contributed by atoms with Crippen molar-refractivity contribution in [3.63, 3.8) is 0 Å². The molecule has 1 amide bonds. The highest BCUT2D eigenvalue weighted by molar-refractivity contribution is 7.13. The number of carbonyl (C=O) groups is 1. The normalized spacial score (nSPS) is 15.4. The summed E-state index contributed by atoms with van der Waals surface area (Å²) < 4.78 is 40.0. The zero-order chi connectivity index (χ0) is 19.4.